The molecular formula is C10H15N. The van der Waals surface area contributed by atoms with Crippen molar-refractivity contribution in [2.45, 2.75) is 31.2 Å². The number of hydrogen-bond donors (Lipinski definition) is 1. The maximum Gasteiger partial charge on any atom is 0.0801 e. The van der Waals surface area contributed by atoms with E-state index < -0.39 is 0 Å². The summed E-state index contributed by atoms with van der Waals surface area (Å²) in [5.74, 6) is 2.85. The van der Waals surface area contributed by atoms with Gasteiger partial charge >= 0.3 is 0 Å². The lowest BCUT2D eigenvalue weighted by Gasteiger charge is -2.21. The zero-order valence-electron chi connectivity index (χ0n) is 6.90. The first-order valence-corrected chi connectivity index (χ1v) is 4.17. The molecule has 0 aromatic heterocycles. The number of hydrogen-bond acceptors (Lipinski definition) is 1. The van der Waals surface area contributed by atoms with Crippen molar-refractivity contribution >= 4 is 0 Å². The molecule has 1 aliphatic heterocycles. The first-order chi connectivity index (χ1) is 5.33. The molecule has 1 nitrogen and oxygen atoms in total. The number of rotatable bonds is 3. The normalized spacial score (nSPS) is 29.7. The van der Waals surface area contributed by atoms with Gasteiger partial charge in [0.2, 0.25) is 0 Å². The molecule has 0 amide bonds. The quantitative estimate of drug-likeness (QED) is 0.476. The molecule has 1 aliphatic rings. The van der Waals surface area contributed by atoms with E-state index in [4.69, 9.17) is 6.42 Å². The first-order valence-electron chi connectivity index (χ1n) is 4.17. The van der Waals surface area contributed by atoms with Crippen LogP contribution in [0, 0.1) is 12.3 Å². The standard InChI is InChI=1S/C10H15N/c1-3-5-7-10(4-2)8-6-9-11-10/h2-3,11H,1,5-9H2/t10-/m0/s1. The van der Waals surface area contributed by atoms with Crippen LogP contribution in [-0.4, -0.2) is 12.1 Å². The molecule has 0 saturated carbocycles. The number of terminal acetylenes is 1. The van der Waals surface area contributed by atoms with Crippen LogP contribution in [0.25, 0.3) is 0 Å². The maximum atomic E-state index is 5.46. The summed E-state index contributed by atoms with van der Waals surface area (Å²) in [6.45, 7) is 4.76. The number of nitrogens with one attached hydrogen (secondary N) is 1. The van der Waals surface area contributed by atoms with Gasteiger partial charge in [-0.1, -0.05) is 12.0 Å². The molecular weight excluding hydrogens is 134 g/mol. The molecule has 0 unspecified atom stereocenters. The van der Waals surface area contributed by atoms with E-state index in [2.05, 4.69) is 17.8 Å². The molecule has 0 radical (unpaired) electrons. The highest BCUT2D eigenvalue weighted by Gasteiger charge is 2.29. The molecule has 1 saturated heterocycles. The molecule has 0 aromatic carbocycles. The molecule has 11 heavy (non-hydrogen) atoms. The second-order valence-electron chi connectivity index (χ2n) is 3.08. The highest BCUT2D eigenvalue weighted by Crippen LogP contribution is 2.23. The van der Waals surface area contributed by atoms with E-state index in [-0.39, 0.29) is 5.54 Å². The largest absolute Gasteiger partial charge is 0.301 e. The molecule has 0 aromatic rings. The monoisotopic (exact) mass is 149 g/mol. The molecule has 1 fully saturated rings. The minimum absolute atomic E-state index is 0.00576. The van der Waals surface area contributed by atoms with Gasteiger partial charge in [-0.15, -0.1) is 13.0 Å². The third-order valence-electron chi connectivity index (χ3n) is 2.30. The Bertz CT molecular complexity index is 170. The zero-order chi connectivity index (χ0) is 8.16. The Hall–Kier alpha value is -0.740. The van der Waals surface area contributed by atoms with Crippen LogP contribution in [0.4, 0.5) is 0 Å². The average molecular weight is 149 g/mol. The van der Waals surface area contributed by atoms with Crippen LogP contribution in [0.3, 0.4) is 0 Å². The van der Waals surface area contributed by atoms with Crippen molar-refractivity contribution in [3.63, 3.8) is 0 Å². The second-order valence-corrected chi connectivity index (χ2v) is 3.08. The molecule has 0 spiro atoms. The van der Waals surface area contributed by atoms with Gasteiger partial charge in [0.25, 0.3) is 0 Å². The Morgan fingerprint density at radius 2 is 2.55 bits per heavy atom. The second kappa shape index (κ2) is 3.59. The fourth-order valence-corrected chi connectivity index (χ4v) is 1.56. The van der Waals surface area contributed by atoms with Crippen molar-refractivity contribution in [1.82, 2.24) is 5.32 Å². The molecule has 1 heteroatoms. The molecule has 0 aliphatic carbocycles. The molecule has 1 atom stereocenters. The molecule has 1 rings (SSSR count). The topological polar surface area (TPSA) is 12.0 Å². The average Bonchev–Trinajstić information content (AvgIpc) is 2.50. The van der Waals surface area contributed by atoms with E-state index in [9.17, 15) is 0 Å². The van der Waals surface area contributed by atoms with E-state index in [0.29, 0.717) is 0 Å². The Morgan fingerprint density at radius 1 is 1.73 bits per heavy atom. The smallest absolute Gasteiger partial charge is 0.0801 e. The minimum Gasteiger partial charge on any atom is -0.301 e. The molecule has 1 heterocycles. The fourth-order valence-electron chi connectivity index (χ4n) is 1.56. The van der Waals surface area contributed by atoms with Crippen molar-refractivity contribution in [2.75, 3.05) is 6.54 Å². The van der Waals surface area contributed by atoms with E-state index in [1.54, 1.807) is 0 Å². The van der Waals surface area contributed by atoms with Gasteiger partial charge in [0.1, 0.15) is 0 Å². The number of allylic oxidation sites excluding steroid dienone is 1. The first kappa shape index (κ1) is 8.36. The predicted octanol–water partition coefficient (Wildman–Crippen LogP) is 1.71. The summed E-state index contributed by atoms with van der Waals surface area (Å²) in [5.41, 5.74) is -0.00576. The summed E-state index contributed by atoms with van der Waals surface area (Å²) >= 11 is 0. The lowest BCUT2D eigenvalue weighted by molar-refractivity contribution is 0.457. The van der Waals surface area contributed by atoms with E-state index in [1.165, 1.54) is 6.42 Å². The van der Waals surface area contributed by atoms with Crippen molar-refractivity contribution < 1.29 is 0 Å². The van der Waals surface area contributed by atoms with Gasteiger partial charge in [0.15, 0.2) is 0 Å². The summed E-state index contributed by atoms with van der Waals surface area (Å²) in [6.07, 6.45) is 11.8. The van der Waals surface area contributed by atoms with E-state index >= 15 is 0 Å². The van der Waals surface area contributed by atoms with Gasteiger partial charge < -0.3 is 5.32 Å². The van der Waals surface area contributed by atoms with Crippen LogP contribution < -0.4 is 5.32 Å². The van der Waals surface area contributed by atoms with Gasteiger partial charge in [-0.25, -0.2) is 0 Å². The molecule has 60 valence electrons. The van der Waals surface area contributed by atoms with Crippen molar-refractivity contribution in [2.24, 2.45) is 0 Å². The van der Waals surface area contributed by atoms with E-state index in [0.717, 1.165) is 25.8 Å². The highest BCUT2D eigenvalue weighted by atomic mass is 15.0. The summed E-state index contributed by atoms with van der Waals surface area (Å²) in [5, 5.41) is 3.37. The summed E-state index contributed by atoms with van der Waals surface area (Å²) in [7, 11) is 0. The highest BCUT2D eigenvalue weighted by molar-refractivity contribution is 5.15. The van der Waals surface area contributed by atoms with Crippen LogP contribution in [0.5, 0.6) is 0 Å². The van der Waals surface area contributed by atoms with Crippen LogP contribution in [0.15, 0.2) is 12.7 Å². The Labute approximate surface area is 68.9 Å². The molecule has 1 N–H and O–H groups in total. The minimum atomic E-state index is -0.00576. The SMILES string of the molecule is C#C[C@]1(CCC=C)CCCN1. The lowest BCUT2D eigenvalue weighted by Crippen LogP contribution is -2.37. The summed E-state index contributed by atoms with van der Waals surface area (Å²) in [6, 6.07) is 0. The Morgan fingerprint density at radius 3 is 3.00 bits per heavy atom. The van der Waals surface area contributed by atoms with Gasteiger partial charge in [-0.05, 0) is 32.2 Å². The van der Waals surface area contributed by atoms with Gasteiger partial charge in [0, 0.05) is 0 Å². The summed E-state index contributed by atoms with van der Waals surface area (Å²) < 4.78 is 0. The van der Waals surface area contributed by atoms with Crippen LogP contribution >= 0.6 is 0 Å². The Balaban J connectivity index is 2.47. The Kier molecular flexibility index (Phi) is 2.73. The maximum absolute atomic E-state index is 5.46. The van der Waals surface area contributed by atoms with Gasteiger partial charge in [0.05, 0.1) is 5.54 Å². The third-order valence-corrected chi connectivity index (χ3v) is 2.30. The van der Waals surface area contributed by atoms with Crippen molar-refractivity contribution in [3.8, 4) is 12.3 Å². The van der Waals surface area contributed by atoms with Crippen LogP contribution in [0.2, 0.25) is 0 Å². The lowest BCUT2D eigenvalue weighted by atomic mass is 9.93. The van der Waals surface area contributed by atoms with Crippen molar-refractivity contribution in [1.29, 1.82) is 0 Å². The predicted molar refractivity (Wildman–Crippen MR) is 48.2 cm³/mol. The fraction of sp³-hybridized carbons (Fsp3) is 0.600. The van der Waals surface area contributed by atoms with Crippen LogP contribution in [0.1, 0.15) is 25.7 Å². The van der Waals surface area contributed by atoms with Gasteiger partial charge in [-0.3, -0.25) is 0 Å². The molecule has 0 bridgehead atoms. The zero-order valence-corrected chi connectivity index (χ0v) is 6.90. The van der Waals surface area contributed by atoms with E-state index in [1.807, 2.05) is 6.08 Å². The van der Waals surface area contributed by atoms with Gasteiger partial charge in [-0.2, -0.15) is 0 Å². The van der Waals surface area contributed by atoms with Crippen molar-refractivity contribution in [3.05, 3.63) is 12.7 Å². The third kappa shape index (κ3) is 1.85. The summed E-state index contributed by atoms with van der Waals surface area (Å²) in [4.78, 5) is 0. The van der Waals surface area contributed by atoms with Crippen LogP contribution in [-0.2, 0) is 0 Å².